The average Bonchev–Trinajstić information content (AvgIpc) is 2.88. The van der Waals surface area contributed by atoms with Crippen LogP contribution in [0.3, 0.4) is 0 Å². The van der Waals surface area contributed by atoms with Crippen molar-refractivity contribution in [2.45, 2.75) is 25.3 Å². The number of hydrogen-bond donors (Lipinski definition) is 2. The Bertz CT molecular complexity index is 214. The summed E-state index contributed by atoms with van der Waals surface area (Å²) in [5, 5.41) is 12.2. The summed E-state index contributed by atoms with van der Waals surface area (Å²) in [6.45, 7) is 2.74. The summed E-state index contributed by atoms with van der Waals surface area (Å²) in [7, 11) is 0. The highest BCUT2D eigenvalue weighted by molar-refractivity contribution is 5.82. The van der Waals surface area contributed by atoms with E-state index in [1.807, 2.05) is 4.90 Å². The van der Waals surface area contributed by atoms with Crippen molar-refractivity contribution in [2.24, 2.45) is 5.92 Å². The number of likely N-dealkylation sites (tertiary alicyclic amines) is 1. The molecule has 2 atom stereocenters. The number of nitrogens with one attached hydrogen (secondary N) is 1. The molecule has 0 aromatic heterocycles. The lowest BCUT2D eigenvalue weighted by molar-refractivity contribution is -0.132. The highest BCUT2D eigenvalue weighted by Gasteiger charge is 2.31. The van der Waals surface area contributed by atoms with Crippen molar-refractivity contribution in [1.29, 1.82) is 0 Å². The van der Waals surface area contributed by atoms with E-state index < -0.39 is 0 Å². The molecule has 0 aromatic carbocycles. The van der Waals surface area contributed by atoms with Crippen LogP contribution < -0.4 is 5.32 Å². The fourth-order valence-electron chi connectivity index (χ4n) is 2.30. The van der Waals surface area contributed by atoms with Gasteiger partial charge in [0.2, 0.25) is 5.91 Å². The molecule has 0 saturated carbocycles. The average molecular weight is 198 g/mol. The maximum absolute atomic E-state index is 11.9. The minimum atomic E-state index is 0.0486. The molecule has 2 N–H and O–H groups in total. The Kier molecular flexibility index (Phi) is 3.03. The summed E-state index contributed by atoms with van der Waals surface area (Å²) >= 11 is 0. The Labute approximate surface area is 84.3 Å². The molecule has 2 rings (SSSR count). The predicted octanol–water partition coefficient (Wildman–Crippen LogP) is -0.421. The van der Waals surface area contributed by atoms with Crippen LogP contribution in [0.1, 0.15) is 19.3 Å². The van der Waals surface area contributed by atoms with E-state index in [0.717, 1.165) is 38.9 Å². The Morgan fingerprint density at radius 2 is 2.36 bits per heavy atom. The maximum atomic E-state index is 11.9. The third kappa shape index (κ3) is 1.91. The molecule has 2 aliphatic rings. The van der Waals surface area contributed by atoms with E-state index in [0.29, 0.717) is 5.92 Å². The normalized spacial score (nSPS) is 32.5. The summed E-state index contributed by atoms with van der Waals surface area (Å²) in [4.78, 5) is 13.8. The van der Waals surface area contributed by atoms with E-state index >= 15 is 0 Å². The largest absolute Gasteiger partial charge is 0.396 e. The lowest BCUT2D eigenvalue weighted by Crippen LogP contribution is -2.42. The number of carbonyl (C=O) groups excluding carboxylic acids is 1. The van der Waals surface area contributed by atoms with E-state index in [4.69, 9.17) is 5.11 Å². The maximum Gasteiger partial charge on any atom is 0.239 e. The van der Waals surface area contributed by atoms with E-state index in [1.54, 1.807) is 0 Å². The van der Waals surface area contributed by atoms with Gasteiger partial charge in [-0.2, -0.15) is 0 Å². The van der Waals surface area contributed by atoms with Crippen LogP contribution in [0, 0.1) is 5.92 Å². The summed E-state index contributed by atoms with van der Waals surface area (Å²) in [5.74, 6) is 0.541. The Hall–Kier alpha value is -0.610. The number of nitrogens with zero attached hydrogens (tertiary/aromatic N) is 1. The van der Waals surface area contributed by atoms with Crippen LogP contribution in [-0.2, 0) is 4.79 Å². The van der Waals surface area contributed by atoms with E-state index in [1.165, 1.54) is 0 Å². The molecule has 2 fully saturated rings. The van der Waals surface area contributed by atoms with Gasteiger partial charge in [0.05, 0.1) is 6.04 Å². The molecule has 0 unspecified atom stereocenters. The van der Waals surface area contributed by atoms with Gasteiger partial charge in [0, 0.05) is 25.6 Å². The van der Waals surface area contributed by atoms with Crippen molar-refractivity contribution in [3.63, 3.8) is 0 Å². The molecule has 0 aromatic rings. The van der Waals surface area contributed by atoms with Crippen molar-refractivity contribution < 1.29 is 9.90 Å². The molecular formula is C10H18N2O2. The van der Waals surface area contributed by atoms with Crippen LogP contribution in [0.5, 0.6) is 0 Å². The highest BCUT2D eigenvalue weighted by Crippen LogP contribution is 2.18. The van der Waals surface area contributed by atoms with Crippen LogP contribution >= 0.6 is 0 Å². The number of hydrogen-bond acceptors (Lipinski definition) is 3. The molecule has 2 saturated heterocycles. The van der Waals surface area contributed by atoms with Gasteiger partial charge in [0.15, 0.2) is 0 Å². The first-order valence-electron chi connectivity index (χ1n) is 5.44. The molecule has 1 amide bonds. The number of rotatable bonds is 2. The second-order valence-corrected chi connectivity index (χ2v) is 4.27. The van der Waals surface area contributed by atoms with Crippen molar-refractivity contribution in [2.75, 3.05) is 26.2 Å². The third-order valence-electron chi connectivity index (χ3n) is 3.21. The Morgan fingerprint density at radius 3 is 2.93 bits per heavy atom. The van der Waals surface area contributed by atoms with Gasteiger partial charge in [0.25, 0.3) is 0 Å². The topological polar surface area (TPSA) is 52.6 Å². The van der Waals surface area contributed by atoms with Crippen molar-refractivity contribution in [1.82, 2.24) is 10.2 Å². The molecule has 80 valence electrons. The molecule has 4 nitrogen and oxygen atoms in total. The van der Waals surface area contributed by atoms with Crippen molar-refractivity contribution in [3.05, 3.63) is 0 Å². The monoisotopic (exact) mass is 198 g/mol. The highest BCUT2D eigenvalue weighted by atomic mass is 16.3. The van der Waals surface area contributed by atoms with Gasteiger partial charge < -0.3 is 15.3 Å². The van der Waals surface area contributed by atoms with Crippen molar-refractivity contribution in [3.8, 4) is 0 Å². The second-order valence-electron chi connectivity index (χ2n) is 4.27. The van der Waals surface area contributed by atoms with E-state index in [-0.39, 0.29) is 18.6 Å². The summed E-state index contributed by atoms with van der Waals surface area (Å²) < 4.78 is 0. The lowest BCUT2D eigenvalue weighted by Gasteiger charge is -2.20. The number of carbonyl (C=O) groups is 1. The molecule has 2 heterocycles. The molecule has 0 spiro atoms. The molecule has 0 radical (unpaired) electrons. The molecule has 14 heavy (non-hydrogen) atoms. The molecular weight excluding hydrogens is 180 g/mol. The summed E-state index contributed by atoms with van der Waals surface area (Å²) in [5.41, 5.74) is 0. The molecule has 2 aliphatic heterocycles. The second kappa shape index (κ2) is 4.28. The minimum absolute atomic E-state index is 0.0486. The third-order valence-corrected chi connectivity index (χ3v) is 3.21. The number of aliphatic hydroxyl groups excluding tert-OH is 1. The first-order chi connectivity index (χ1) is 6.81. The molecule has 4 heteroatoms. The minimum Gasteiger partial charge on any atom is -0.396 e. The van der Waals surface area contributed by atoms with Gasteiger partial charge in [-0.3, -0.25) is 4.79 Å². The van der Waals surface area contributed by atoms with Gasteiger partial charge in [-0.15, -0.1) is 0 Å². The zero-order chi connectivity index (χ0) is 9.97. The summed E-state index contributed by atoms with van der Waals surface area (Å²) in [6.07, 6.45) is 3.03. The zero-order valence-electron chi connectivity index (χ0n) is 8.41. The first-order valence-corrected chi connectivity index (χ1v) is 5.44. The van der Waals surface area contributed by atoms with Gasteiger partial charge in [-0.1, -0.05) is 0 Å². The standard InChI is InChI=1S/C10H18N2O2/c13-7-8-3-5-12(6-8)10(14)9-2-1-4-11-9/h8-9,11,13H,1-7H2/t8-,9-/m1/s1. The van der Waals surface area contributed by atoms with Crippen LogP contribution in [-0.4, -0.2) is 48.2 Å². The van der Waals surface area contributed by atoms with Gasteiger partial charge in [-0.25, -0.2) is 0 Å². The molecule has 0 bridgehead atoms. The van der Waals surface area contributed by atoms with Gasteiger partial charge in [-0.05, 0) is 25.8 Å². The number of aliphatic hydroxyl groups is 1. The fourth-order valence-corrected chi connectivity index (χ4v) is 2.30. The smallest absolute Gasteiger partial charge is 0.239 e. The first kappa shape index (κ1) is 9.93. The van der Waals surface area contributed by atoms with E-state index in [2.05, 4.69) is 5.32 Å². The fraction of sp³-hybridized carbons (Fsp3) is 0.900. The Morgan fingerprint density at radius 1 is 1.50 bits per heavy atom. The van der Waals surface area contributed by atoms with E-state index in [9.17, 15) is 4.79 Å². The van der Waals surface area contributed by atoms with Crippen LogP contribution in [0.4, 0.5) is 0 Å². The lowest BCUT2D eigenvalue weighted by atomic mass is 10.1. The zero-order valence-corrected chi connectivity index (χ0v) is 8.41. The van der Waals surface area contributed by atoms with Gasteiger partial charge in [0.1, 0.15) is 0 Å². The number of amides is 1. The van der Waals surface area contributed by atoms with Crippen LogP contribution in [0.2, 0.25) is 0 Å². The predicted molar refractivity (Wildman–Crippen MR) is 52.8 cm³/mol. The Balaban J connectivity index is 1.86. The molecule has 0 aliphatic carbocycles. The van der Waals surface area contributed by atoms with Crippen LogP contribution in [0.25, 0.3) is 0 Å². The quantitative estimate of drug-likeness (QED) is 0.633. The summed E-state index contributed by atoms with van der Waals surface area (Å²) in [6, 6.07) is 0.0486. The van der Waals surface area contributed by atoms with Gasteiger partial charge >= 0.3 is 0 Å². The van der Waals surface area contributed by atoms with Crippen LogP contribution in [0.15, 0.2) is 0 Å². The van der Waals surface area contributed by atoms with Crippen molar-refractivity contribution >= 4 is 5.91 Å². The SMILES string of the molecule is O=C([C@H]1CCCN1)N1CC[C@@H](CO)C1.